The Balaban J connectivity index is 0.648. The average molecular weight is 1080 g/mol. The van der Waals surface area contributed by atoms with E-state index in [0.29, 0.717) is 40.5 Å². The molecule has 6 aromatic rings. The van der Waals surface area contributed by atoms with Crippen LogP contribution >= 0.6 is 11.3 Å². The number of carbonyl (C=O) groups is 3. The summed E-state index contributed by atoms with van der Waals surface area (Å²) in [5, 5.41) is 31.0. The molecular formula is C57H72N14O6S. The highest BCUT2D eigenvalue weighted by Gasteiger charge is 2.45. The molecule has 78 heavy (non-hydrogen) atoms. The number of benzene rings is 2. The minimum atomic E-state index is -1.18. The monoisotopic (exact) mass is 1080 g/mol. The molecule has 5 N–H and O–H groups in total. The first kappa shape index (κ1) is 54.5. The number of hydrogen-bond acceptors (Lipinski definition) is 16. The van der Waals surface area contributed by atoms with Gasteiger partial charge in [-0.2, -0.15) is 4.98 Å². The smallest absolute Gasteiger partial charge is 0.278 e. The summed E-state index contributed by atoms with van der Waals surface area (Å²) in [7, 11) is 0. The van der Waals surface area contributed by atoms with Gasteiger partial charge in [0, 0.05) is 102 Å². The van der Waals surface area contributed by atoms with Crippen LogP contribution in [0.2, 0.25) is 0 Å². The van der Waals surface area contributed by atoms with Crippen molar-refractivity contribution in [3.63, 3.8) is 0 Å². The molecule has 3 amide bonds. The number of rotatable bonds is 18. The number of piperazine rings is 1. The molecule has 0 aliphatic carbocycles. The van der Waals surface area contributed by atoms with Gasteiger partial charge in [0.1, 0.15) is 23.1 Å². The van der Waals surface area contributed by atoms with E-state index in [0.717, 1.165) is 92.0 Å². The van der Waals surface area contributed by atoms with E-state index in [1.807, 2.05) is 69.6 Å². The van der Waals surface area contributed by atoms with Gasteiger partial charge in [0.25, 0.3) is 5.56 Å². The number of amides is 3. The molecule has 0 spiro atoms. The molecule has 2 aromatic carbocycles. The minimum absolute atomic E-state index is 0.0262. The number of thiazole rings is 1. The minimum Gasteiger partial charge on any atom is -0.391 e. The maximum absolute atomic E-state index is 14.2. The van der Waals surface area contributed by atoms with Gasteiger partial charge in [0.05, 0.1) is 41.0 Å². The van der Waals surface area contributed by atoms with Crippen molar-refractivity contribution in [2.45, 2.75) is 90.9 Å². The number of likely N-dealkylation sites (tertiary alicyclic amines) is 3. The number of anilines is 3. The number of β-amino-alcohol motifs (C(OH)–C–C–N with tert-alkyl or cyclic N) is 1. The number of pyridine rings is 1. The Morgan fingerprint density at radius 2 is 1.63 bits per heavy atom. The van der Waals surface area contributed by atoms with Crippen molar-refractivity contribution in [2.24, 2.45) is 11.3 Å². The molecule has 8 heterocycles. The molecule has 10 rings (SSSR count). The Bertz CT molecular complexity index is 3200. The zero-order valence-electron chi connectivity index (χ0n) is 45.4. The number of carbonyl (C=O) groups excluding carboxylic acids is 3. The van der Waals surface area contributed by atoms with Crippen molar-refractivity contribution >= 4 is 57.4 Å². The lowest BCUT2D eigenvalue weighted by atomic mass is 9.85. The van der Waals surface area contributed by atoms with Gasteiger partial charge in [-0.05, 0) is 79.6 Å². The van der Waals surface area contributed by atoms with Crippen molar-refractivity contribution < 1.29 is 24.6 Å². The largest absolute Gasteiger partial charge is 0.391 e. The Kier molecular flexibility index (Phi) is 15.7. The summed E-state index contributed by atoms with van der Waals surface area (Å²) in [6, 6.07) is 20.3. The molecule has 20 nitrogen and oxygen atoms in total. The number of nitrogens with one attached hydrogen (secondary N) is 3. The third kappa shape index (κ3) is 11.9. The molecule has 0 unspecified atom stereocenters. The standard InChI is InChI=1S/C57H72N14O6S/c1-8-20-70-53(75)44-27-59-55(64-51(44)71(70)47-11-9-10-46(62-47)57(6,7)77)61-40-16-18-41(19-17-40)67-21-23-68(24-22-67)42-31-66(32-42)30-38-28-65(29-38)34-48(73)63-50(56(3,4)5)54(76)69-33-43(72)25-45(69)52(74)58-26-37-12-14-39(15-13-37)49-36(2)60-35-78-49/h8-19,27,35,38,42-43,45,50,72,77H,1,20-26,28-34H2,2-7H3,(H,58,74)(H,63,73)(H,59,61,64)/t43-,45+,50-/m1/s1. The molecule has 4 aliphatic heterocycles. The maximum atomic E-state index is 14.2. The van der Waals surface area contributed by atoms with Crippen molar-refractivity contribution in [3.05, 3.63) is 118 Å². The molecule has 21 heteroatoms. The quantitative estimate of drug-likeness (QED) is 0.0765. The van der Waals surface area contributed by atoms with Crippen LogP contribution in [0, 0.1) is 18.3 Å². The molecule has 4 aromatic heterocycles. The van der Waals surface area contributed by atoms with E-state index in [2.05, 4.69) is 69.2 Å². The third-order valence-electron chi connectivity index (χ3n) is 15.4. The van der Waals surface area contributed by atoms with E-state index in [4.69, 9.17) is 4.98 Å². The van der Waals surface area contributed by atoms with Gasteiger partial charge in [-0.1, -0.05) is 57.2 Å². The van der Waals surface area contributed by atoms with Crippen molar-refractivity contribution in [1.82, 2.24) is 59.5 Å². The molecule has 0 radical (unpaired) electrons. The zero-order valence-corrected chi connectivity index (χ0v) is 46.2. The summed E-state index contributed by atoms with van der Waals surface area (Å²) in [6.07, 6.45) is 2.45. The molecule has 0 saturated carbocycles. The van der Waals surface area contributed by atoms with Crippen molar-refractivity contribution in [2.75, 3.05) is 82.2 Å². The normalized spacial score (nSPS) is 19.4. The van der Waals surface area contributed by atoms with Crippen molar-refractivity contribution in [3.8, 4) is 16.3 Å². The van der Waals surface area contributed by atoms with E-state index < -0.39 is 29.2 Å². The summed E-state index contributed by atoms with van der Waals surface area (Å²) in [6.45, 7) is 24.1. The maximum Gasteiger partial charge on any atom is 0.278 e. The molecule has 4 aliphatic rings. The second-order valence-corrected chi connectivity index (χ2v) is 23.8. The van der Waals surface area contributed by atoms with Gasteiger partial charge in [0.2, 0.25) is 23.7 Å². The SMILES string of the molecule is C=CCn1c(=O)c2cnc(Nc3ccc(N4CCN(C5CN(CC6CN(CC(=O)N[C@H](C(=O)N7C[C@H](O)C[C@H]7C(=O)NCc7ccc(-c8scnc8C)cc7)C(C)(C)C)C6)C5)CC4)cc3)nc2n1-c1cccc(C(C)(C)O)n1. The summed E-state index contributed by atoms with van der Waals surface area (Å²) >= 11 is 1.58. The second kappa shape index (κ2) is 22.5. The van der Waals surface area contributed by atoms with Crippen LogP contribution in [0.25, 0.3) is 27.3 Å². The predicted octanol–water partition coefficient (Wildman–Crippen LogP) is 4.11. The molecule has 0 bridgehead atoms. The number of aliphatic hydroxyl groups is 2. The number of aryl methyl sites for hydroxylation is 1. The van der Waals surface area contributed by atoms with Crippen LogP contribution in [0.1, 0.15) is 58.0 Å². The predicted molar refractivity (Wildman–Crippen MR) is 302 cm³/mol. The Labute approximate surface area is 458 Å². The van der Waals surface area contributed by atoms with E-state index in [-0.39, 0.29) is 55.9 Å². The number of nitrogens with zero attached hydrogens (tertiary/aromatic N) is 11. The Hall–Kier alpha value is -6.88. The van der Waals surface area contributed by atoms with E-state index in [1.54, 1.807) is 54.1 Å². The van der Waals surface area contributed by atoms with Gasteiger partial charge in [-0.15, -0.1) is 17.9 Å². The highest BCUT2D eigenvalue weighted by atomic mass is 32.1. The van der Waals surface area contributed by atoms with Crippen LogP contribution in [0.15, 0.2) is 95.9 Å². The average Bonchev–Trinajstić information content (AvgIpc) is 4.11. The first-order valence-corrected chi connectivity index (χ1v) is 27.8. The Morgan fingerprint density at radius 1 is 0.897 bits per heavy atom. The molecule has 4 fully saturated rings. The van der Waals surface area contributed by atoms with Gasteiger partial charge in [-0.3, -0.25) is 33.9 Å². The molecule has 3 atom stereocenters. The van der Waals surface area contributed by atoms with E-state index >= 15 is 0 Å². The fraction of sp³-hybridized carbons (Fsp3) is 0.474. The van der Waals surface area contributed by atoms with Crippen LogP contribution in [-0.2, 0) is 33.1 Å². The van der Waals surface area contributed by atoms with Gasteiger partial charge in [0.15, 0.2) is 11.5 Å². The lowest BCUT2D eigenvalue weighted by Gasteiger charge is -2.51. The highest BCUT2D eigenvalue weighted by molar-refractivity contribution is 7.13. The number of aromatic nitrogens is 6. The van der Waals surface area contributed by atoms with Gasteiger partial charge >= 0.3 is 0 Å². The van der Waals surface area contributed by atoms with Crippen LogP contribution in [-0.4, -0.2) is 173 Å². The molecule has 4 saturated heterocycles. The third-order valence-corrected chi connectivity index (χ3v) is 16.4. The fourth-order valence-electron chi connectivity index (χ4n) is 11.1. The molecular weight excluding hydrogens is 1010 g/mol. The van der Waals surface area contributed by atoms with Crippen LogP contribution < -0.4 is 26.4 Å². The summed E-state index contributed by atoms with van der Waals surface area (Å²) in [4.78, 5) is 85.2. The Morgan fingerprint density at radius 3 is 2.29 bits per heavy atom. The van der Waals surface area contributed by atoms with Crippen LogP contribution in [0.3, 0.4) is 0 Å². The summed E-state index contributed by atoms with van der Waals surface area (Å²) in [5.41, 5.74) is 5.48. The second-order valence-electron chi connectivity index (χ2n) is 22.9. The van der Waals surface area contributed by atoms with Crippen LogP contribution in [0.5, 0.6) is 0 Å². The summed E-state index contributed by atoms with van der Waals surface area (Å²) < 4.78 is 3.15. The van der Waals surface area contributed by atoms with Crippen molar-refractivity contribution in [1.29, 1.82) is 0 Å². The highest BCUT2D eigenvalue weighted by Crippen LogP contribution is 2.31. The van der Waals surface area contributed by atoms with Crippen LogP contribution in [0.4, 0.5) is 17.3 Å². The first-order valence-electron chi connectivity index (χ1n) is 26.9. The number of aliphatic hydroxyl groups excluding tert-OH is 1. The first-order chi connectivity index (χ1) is 37.3. The lowest BCUT2D eigenvalue weighted by Crippen LogP contribution is -2.65. The van der Waals surface area contributed by atoms with E-state index in [1.165, 1.54) is 15.8 Å². The zero-order chi connectivity index (χ0) is 55.0. The number of fused-ring (bicyclic) bond motifs is 1. The van der Waals surface area contributed by atoms with Gasteiger partial charge < -0.3 is 36.0 Å². The summed E-state index contributed by atoms with van der Waals surface area (Å²) in [5.74, 6) is 0.316. The van der Waals surface area contributed by atoms with Gasteiger partial charge in [-0.25, -0.2) is 24.3 Å². The fourth-order valence-corrected chi connectivity index (χ4v) is 11.9. The number of hydrogen-bond donors (Lipinski definition) is 5. The number of allylic oxidation sites excluding steroid dienone is 1. The topological polar surface area (TPSA) is 222 Å². The lowest BCUT2D eigenvalue weighted by molar-refractivity contribution is -0.144. The molecule has 412 valence electrons. The van der Waals surface area contributed by atoms with E-state index in [9.17, 15) is 29.4 Å².